The first kappa shape index (κ1) is 16.0. The average Bonchev–Trinajstić information content (AvgIpc) is 3.04. The zero-order valence-electron chi connectivity index (χ0n) is 13.2. The van der Waals surface area contributed by atoms with Crippen LogP contribution >= 0.6 is 11.3 Å². The third-order valence-corrected chi connectivity index (χ3v) is 4.81. The highest BCUT2D eigenvalue weighted by Gasteiger charge is 2.16. The van der Waals surface area contributed by atoms with Gasteiger partial charge in [-0.05, 0) is 12.5 Å². The lowest BCUT2D eigenvalue weighted by Gasteiger charge is -2.26. The van der Waals surface area contributed by atoms with Gasteiger partial charge in [0, 0.05) is 37.0 Å². The lowest BCUT2D eigenvalue weighted by Crippen LogP contribution is -2.46. The number of amides is 2. The lowest BCUT2D eigenvalue weighted by molar-refractivity contribution is 0.0533. The van der Waals surface area contributed by atoms with Gasteiger partial charge < -0.3 is 15.0 Å². The number of ether oxygens (including phenoxy) is 1. The highest BCUT2D eigenvalue weighted by atomic mass is 32.1. The van der Waals surface area contributed by atoms with Gasteiger partial charge in [0.25, 0.3) is 0 Å². The van der Waals surface area contributed by atoms with E-state index in [-0.39, 0.29) is 6.03 Å². The minimum absolute atomic E-state index is 0.0114. The van der Waals surface area contributed by atoms with Crippen LogP contribution in [0, 0.1) is 6.92 Å². The van der Waals surface area contributed by atoms with Gasteiger partial charge in [-0.25, -0.2) is 9.78 Å². The number of hydrogen-bond acceptors (Lipinski definition) is 4. The summed E-state index contributed by atoms with van der Waals surface area (Å²) in [6, 6.07) is 8.25. The van der Waals surface area contributed by atoms with Gasteiger partial charge in [-0.2, -0.15) is 0 Å². The number of morpholine rings is 1. The van der Waals surface area contributed by atoms with Crippen LogP contribution in [0.1, 0.15) is 11.3 Å². The van der Waals surface area contributed by atoms with Crippen LogP contribution in [0.3, 0.4) is 0 Å². The number of carbonyl (C=O) groups is 1. The summed E-state index contributed by atoms with van der Waals surface area (Å²) in [5.74, 6) is 0. The normalized spacial score (nSPS) is 14.7. The van der Waals surface area contributed by atoms with Crippen molar-refractivity contribution in [1.29, 1.82) is 0 Å². The highest BCUT2D eigenvalue weighted by Crippen LogP contribution is 2.26. The van der Waals surface area contributed by atoms with Crippen molar-refractivity contribution in [3.63, 3.8) is 0 Å². The molecule has 2 heterocycles. The van der Waals surface area contributed by atoms with Crippen LogP contribution in [-0.2, 0) is 11.2 Å². The smallest absolute Gasteiger partial charge is 0.317 e. The number of rotatable bonds is 4. The fourth-order valence-electron chi connectivity index (χ4n) is 2.53. The lowest BCUT2D eigenvalue weighted by atomic mass is 10.1. The van der Waals surface area contributed by atoms with E-state index in [0.29, 0.717) is 32.8 Å². The van der Waals surface area contributed by atoms with Crippen molar-refractivity contribution in [3.8, 4) is 10.6 Å². The van der Waals surface area contributed by atoms with E-state index in [9.17, 15) is 4.79 Å². The first-order valence-electron chi connectivity index (χ1n) is 7.85. The fraction of sp³-hybridized carbons (Fsp3) is 0.412. The van der Waals surface area contributed by atoms with Crippen LogP contribution < -0.4 is 5.32 Å². The SMILES string of the molecule is Cc1ccccc1-c1nc(CCNC(=O)N2CCOCC2)cs1. The number of nitrogens with zero attached hydrogens (tertiary/aromatic N) is 2. The Labute approximate surface area is 140 Å². The molecule has 6 heteroatoms. The minimum atomic E-state index is -0.0114. The molecule has 23 heavy (non-hydrogen) atoms. The summed E-state index contributed by atoms with van der Waals surface area (Å²) in [7, 11) is 0. The number of carbonyl (C=O) groups excluding carboxylic acids is 1. The van der Waals surface area contributed by atoms with Crippen LogP contribution in [0.15, 0.2) is 29.6 Å². The Bertz CT molecular complexity index is 665. The van der Waals surface area contributed by atoms with Gasteiger partial charge >= 0.3 is 6.03 Å². The second-order valence-electron chi connectivity index (χ2n) is 5.54. The van der Waals surface area contributed by atoms with Crippen molar-refractivity contribution in [1.82, 2.24) is 15.2 Å². The molecular formula is C17H21N3O2S. The van der Waals surface area contributed by atoms with E-state index in [4.69, 9.17) is 4.74 Å². The maximum atomic E-state index is 12.0. The predicted octanol–water partition coefficient (Wildman–Crippen LogP) is 2.70. The van der Waals surface area contributed by atoms with Crippen molar-refractivity contribution in [3.05, 3.63) is 40.9 Å². The average molecular weight is 331 g/mol. The summed E-state index contributed by atoms with van der Waals surface area (Å²) >= 11 is 1.65. The number of thiazole rings is 1. The second-order valence-corrected chi connectivity index (χ2v) is 6.40. The summed E-state index contributed by atoms with van der Waals surface area (Å²) < 4.78 is 5.25. The van der Waals surface area contributed by atoms with Crippen molar-refractivity contribution < 1.29 is 9.53 Å². The van der Waals surface area contributed by atoms with Gasteiger partial charge in [0.2, 0.25) is 0 Å². The number of aryl methyl sites for hydroxylation is 1. The monoisotopic (exact) mass is 331 g/mol. The van der Waals surface area contributed by atoms with E-state index < -0.39 is 0 Å². The topological polar surface area (TPSA) is 54.5 Å². The molecule has 1 saturated heterocycles. The molecule has 0 spiro atoms. The summed E-state index contributed by atoms with van der Waals surface area (Å²) in [5.41, 5.74) is 3.44. The van der Waals surface area contributed by atoms with Crippen LogP contribution in [0.5, 0.6) is 0 Å². The number of benzene rings is 1. The maximum absolute atomic E-state index is 12.0. The largest absolute Gasteiger partial charge is 0.378 e. The fourth-order valence-corrected chi connectivity index (χ4v) is 3.48. The molecule has 122 valence electrons. The first-order chi connectivity index (χ1) is 11.2. The summed E-state index contributed by atoms with van der Waals surface area (Å²) in [5, 5.41) is 6.07. The van der Waals surface area contributed by atoms with Gasteiger partial charge in [0.05, 0.1) is 18.9 Å². The molecule has 1 N–H and O–H groups in total. The number of hydrogen-bond donors (Lipinski definition) is 1. The summed E-state index contributed by atoms with van der Waals surface area (Å²) in [6.07, 6.45) is 0.748. The summed E-state index contributed by atoms with van der Waals surface area (Å²) in [6.45, 7) is 5.28. The maximum Gasteiger partial charge on any atom is 0.317 e. The van der Waals surface area contributed by atoms with E-state index in [1.54, 1.807) is 16.2 Å². The summed E-state index contributed by atoms with van der Waals surface area (Å²) in [4.78, 5) is 18.5. The Balaban J connectivity index is 1.51. The van der Waals surface area contributed by atoms with Gasteiger partial charge in [-0.1, -0.05) is 24.3 Å². The molecule has 0 bridgehead atoms. The molecule has 0 aliphatic carbocycles. The Morgan fingerprint density at radius 2 is 2.13 bits per heavy atom. The van der Waals surface area contributed by atoms with Crippen molar-refractivity contribution in [2.45, 2.75) is 13.3 Å². The van der Waals surface area contributed by atoms with E-state index in [2.05, 4.69) is 34.7 Å². The van der Waals surface area contributed by atoms with Crippen LogP contribution in [0.25, 0.3) is 10.6 Å². The van der Waals surface area contributed by atoms with Gasteiger partial charge in [0.15, 0.2) is 0 Å². The zero-order valence-corrected chi connectivity index (χ0v) is 14.1. The van der Waals surface area contributed by atoms with E-state index in [1.165, 1.54) is 11.1 Å². The molecule has 0 unspecified atom stereocenters. The zero-order chi connectivity index (χ0) is 16.1. The van der Waals surface area contributed by atoms with E-state index in [1.807, 2.05) is 12.1 Å². The Hall–Kier alpha value is -1.92. The third-order valence-electron chi connectivity index (χ3n) is 3.88. The number of urea groups is 1. The Morgan fingerprint density at radius 3 is 2.91 bits per heavy atom. The molecule has 0 saturated carbocycles. The predicted molar refractivity (Wildman–Crippen MR) is 91.8 cm³/mol. The molecule has 1 aromatic heterocycles. The quantitative estimate of drug-likeness (QED) is 0.937. The molecule has 1 aromatic carbocycles. The van der Waals surface area contributed by atoms with Gasteiger partial charge in [-0.15, -0.1) is 11.3 Å². The van der Waals surface area contributed by atoms with Crippen LogP contribution in [0.4, 0.5) is 4.79 Å². The first-order valence-corrected chi connectivity index (χ1v) is 8.73. The molecule has 1 aliphatic heterocycles. The third kappa shape index (κ3) is 4.09. The molecule has 0 radical (unpaired) electrons. The molecule has 1 fully saturated rings. The molecule has 3 rings (SSSR count). The van der Waals surface area contributed by atoms with Crippen LogP contribution in [-0.4, -0.2) is 48.8 Å². The van der Waals surface area contributed by atoms with Crippen molar-refractivity contribution in [2.75, 3.05) is 32.8 Å². The van der Waals surface area contributed by atoms with E-state index >= 15 is 0 Å². The minimum Gasteiger partial charge on any atom is -0.378 e. The standard InChI is InChI=1S/C17H21N3O2S/c1-13-4-2-3-5-15(13)16-19-14(12-23-16)6-7-18-17(21)20-8-10-22-11-9-20/h2-5,12H,6-11H2,1H3,(H,18,21). The second kappa shape index (κ2) is 7.57. The molecular weight excluding hydrogens is 310 g/mol. The van der Waals surface area contributed by atoms with E-state index in [0.717, 1.165) is 17.1 Å². The molecule has 0 atom stereocenters. The number of aromatic nitrogens is 1. The van der Waals surface area contributed by atoms with Gasteiger partial charge in [-0.3, -0.25) is 0 Å². The Morgan fingerprint density at radius 1 is 1.35 bits per heavy atom. The number of nitrogens with one attached hydrogen (secondary N) is 1. The Kier molecular flexibility index (Phi) is 5.25. The van der Waals surface area contributed by atoms with Crippen LogP contribution in [0.2, 0.25) is 0 Å². The van der Waals surface area contributed by atoms with Crippen molar-refractivity contribution >= 4 is 17.4 Å². The molecule has 2 aromatic rings. The molecule has 2 amide bonds. The van der Waals surface area contributed by atoms with Crippen molar-refractivity contribution in [2.24, 2.45) is 0 Å². The van der Waals surface area contributed by atoms with Gasteiger partial charge in [0.1, 0.15) is 5.01 Å². The highest BCUT2D eigenvalue weighted by molar-refractivity contribution is 7.13. The molecule has 5 nitrogen and oxygen atoms in total. The molecule has 1 aliphatic rings.